The molecule has 0 aliphatic carbocycles. The number of carbonyl (C=O) groups is 1. The second-order valence-corrected chi connectivity index (χ2v) is 7.56. The van der Waals surface area contributed by atoms with Gasteiger partial charge in [0.25, 0.3) is 0 Å². The average molecular weight is 410 g/mol. The standard InChI is InChI=1S/C21H23N5O2S/c1-4-25-20(18-7-5-10-28-18)23-24-21(25)29-14-19(27)26(9-6-8-22)17-12-15(2)11-16(3)13-17/h5,7,10-13H,4,6,9,14H2,1-3H3. The van der Waals surface area contributed by atoms with Gasteiger partial charge in [-0.3, -0.25) is 9.36 Å². The molecule has 0 fully saturated rings. The molecule has 0 spiro atoms. The molecule has 0 radical (unpaired) electrons. The summed E-state index contributed by atoms with van der Waals surface area (Å²) in [7, 11) is 0. The number of amides is 1. The first-order chi connectivity index (χ1) is 14.0. The molecule has 0 atom stereocenters. The van der Waals surface area contributed by atoms with Crippen LogP contribution in [-0.2, 0) is 11.3 Å². The number of hydrogen-bond acceptors (Lipinski definition) is 6. The fourth-order valence-corrected chi connectivity index (χ4v) is 4.02. The van der Waals surface area contributed by atoms with Crippen molar-refractivity contribution in [1.29, 1.82) is 5.26 Å². The molecule has 0 unspecified atom stereocenters. The number of rotatable bonds is 8. The van der Waals surface area contributed by atoms with Crippen LogP contribution in [0.4, 0.5) is 5.69 Å². The zero-order valence-corrected chi connectivity index (χ0v) is 17.6. The molecular weight excluding hydrogens is 386 g/mol. The van der Waals surface area contributed by atoms with Gasteiger partial charge in [-0.2, -0.15) is 5.26 Å². The Morgan fingerprint density at radius 1 is 1.28 bits per heavy atom. The van der Waals surface area contributed by atoms with Crippen LogP contribution in [0.2, 0.25) is 0 Å². The summed E-state index contributed by atoms with van der Waals surface area (Å²) in [6.45, 7) is 7.01. The zero-order valence-electron chi connectivity index (χ0n) is 16.8. The number of aromatic nitrogens is 3. The molecule has 0 N–H and O–H groups in total. The molecular formula is C21H23N5O2S. The summed E-state index contributed by atoms with van der Waals surface area (Å²) in [6.07, 6.45) is 1.87. The van der Waals surface area contributed by atoms with Crippen LogP contribution in [0.15, 0.2) is 46.2 Å². The van der Waals surface area contributed by atoms with Gasteiger partial charge >= 0.3 is 0 Å². The SMILES string of the molecule is CCn1c(SCC(=O)N(CCC#N)c2cc(C)cc(C)c2)nnc1-c1ccco1. The van der Waals surface area contributed by atoms with Gasteiger partial charge in [0.2, 0.25) is 5.91 Å². The van der Waals surface area contributed by atoms with Crippen molar-refractivity contribution in [2.75, 3.05) is 17.2 Å². The van der Waals surface area contributed by atoms with Crippen molar-refractivity contribution in [2.24, 2.45) is 0 Å². The van der Waals surface area contributed by atoms with E-state index in [0.717, 1.165) is 16.8 Å². The summed E-state index contributed by atoms with van der Waals surface area (Å²) in [4.78, 5) is 14.7. The number of furan rings is 1. The first-order valence-electron chi connectivity index (χ1n) is 9.39. The quantitative estimate of drug-likeness (QED) is 0.518. The third-order valence-corrected chi connectivity index (χ3v) is 5.32. The molecule has 0 saturated heterocycles. The van der Waals surface area contributed by atoms with Crippen molar-refractivity contribution in [1.82, 2.24) is 14.8 Å². The van der Waals surface area contributed by atoms with Gasteiger partial charge in [-0.25, -0.2) is 0 Å². The second-order valence-electron chi connectivity index (χ2n) is 6.62. The fraction of sp³-hybridized carbons (Fsp3) is 0.333. The molecule has 1 amide bonds. The third kappa shape index (κ3) is 4.87. The maximum absolute atomic E-state index is 13.0. The van der Waals surface area contributed by atoms with Gasteiger partial charge < -0.3 is 9.32 Å². The second kappa shape index (κ2) is 9.43. The Balaban J connectivity index is 1.78. The Bertz CT molecular complexity index is 1000. The zero-order chi connectivity index (χ0) is 20.8. The van der Waals surface area contributed by atoms with Crippen molar-refractivity contribution in [3.05, 3.63) is 47.7 Å². The summed E-state index contributed by atoms with van der Waals surface area (Å²) in [5, 5.41) is 18.1. The number of hydrogen-bond donors (Lipinski definition) is 0. The van der Waals surface area contributed by atoms with E-state index in [-0.39, 0.29) is 18.1 Å². The van der Waals surface area contributed by atoms with Crippen LogP contribution in [0.5, 0.6) is 0 Å². The molecule has 29 heavy (non-hydrogen) atoms. The van der Waals surface area contributed by atoms with Crippen molar-refractivity contribution in [3.63, 3.8) is 0 Å². The molecule has 0 aliphatic heterocycles. The average Bonchev–Trinajstić information content (AvgIpc) is 3.35. The predicted molar refractivity (Wildman–Crippen MR) is 113 cm³/mol. The van der Waals surface area contributed by atoms with E-state index >= 15 is 0 Å². The Kier molecular flexibility index (Phi) is 6.73. The number of carbonyl (C=O) groups excluding carboxylic acids is 1. The normalized spacial score (nSPS) is 10.7. The van der Waals surface area contributed by atoms with Crippen LogP contribution in [0, 0.1) is 25.2 Å². The number of thioether (sulfide) groups is 1. The maximum Gasteiger partial charge on any atom is 0.237 e. The number of benzene rings is 1. The van der Waals surface area contributed by atoms with Gasteiger partial charge in [-0.1, -0.05) is 17.8 Å². The number of nitrogens with zero attached hydrogens (tertiary/aromatic N) is 5. The summed E-state index contributed by atoms with van der Waals surface area (Å²) in [5.41, 5.74) is 2.98. The Hall–Kier alpha value is -3.05. The van der Waals surface area contributed by atoms with Gasteiger partial charge in [-0.15, -0.1) is 10.2 Å². The van der Waals surface area contributed by atoms with Crippen LogP contribution in [-0.4, -0.2) is 33.0 Å². The highest BCUT2D eigenvalue weighted by molar-refractivity contribution is 7.99. The van der Waals surface area contributed by atoms with Crippen LogP contribution in [0.3, 0.4) is 0 Å². The summed E-state index contributed by atoms with van der Waals surface area (Å²) >= 11 is 1.34. The minimum Gasteiger partial charge on any atom is -0.461 e. The van der Waals surface area contributed by atoms with E-state index in [4.69, 9.17) is 9.68 Å². The van der Waals surface area contributed by atoms with Gasteiger partial charge in [0.1, 0.15) is 0 Å². The van der Waals surface area contributed by atoms with E-state index < -0.39 is 0 Å². The predicted octanol–water partition coefficient (Wildman–Crippen LogP) is 4.21. The van der Waals surface area contributed by atoms with Crippen LogP contribution < -0.4 is 4.90 Å². The first-order valence-corrected chi connectivity index (χ1v) is 10.4. The molecule has 2 heterocycles. The Morgan fingerprint density at radius 2 is 2.03 bits per heavy atom. The van der Waals surface area contributed by atoms with E-state index in [9.17, 15) is 4.79 Å². The number of anilines is 1. The Morgan fingerprint density at radius 3 is 2.66 bits per heavy atom. The van der Waals surface area contributed by atoms with Crippen LogP contribution in [0.1, 0.15) is 24.5 Å². The molecule has 0 saturated carbocycles. The van der Waals surface area contributed by atoms with Gasteiger partial charge in [0.15, 0.2) is 16.7 Å². The smallest absolute Gasteiger partial charge is 0.237 e. The number of nitriles is 1. The molecule has 150 valence electrons. The van der Waals surface area contributed by atoms with Crippen LogP contribution in [0.25, 0.3) is 11.6 Å². The van der Waals surface area contributed by atoms with Gasteiger partial charge in [0, 0.05) is 18.8 Å². The lowest BCUT2D eigenvalue weighted by atomic mass is 10.1. The summed E-state index contributed by atoms with van der Waals surface area (Å²) in [5.74, 6) is 1.42. The number of aryl methyl sites for hydroxylation is 2. The van der Waals surface area contributed by atoms with E-state index in [1.807, 2.05) is 43.5 Å². The van der Waals surface area contributed by atoms with E-state index in [1.54, 1.807) is 17.2 Å². The minimum absolute atomic E-state index is 0.0690. The topological polar surface area (TPSA) is 88.0 Å². The maximum atomic E-state index is 13.0. The molecule has 1 aromatic carbocycles. The van der Waals surface area contributed by atoms with Crippen molar-refractivity contribution < 1.29 is 9.21 Å². The highest BCUT2D eigenvalue weighted by Gasteiger charge is 2.20. The van der Waals surface area contributed by atoms with E-state index in [2.05, 4.69) is 22.3 Å². The van der Waals surface area contributed by atoms with E-state index in [1.165, 1.54) is 11.8 Å². The molecule has 3 aromatic rings. The minimum atomic E-state index is -0.0690. The summed E-state index contributed by atoms with van der Waals surface area (Å²) in [6, 6.07) is 11.8. The molecule has 7 nitrogen and oxygen atoms in total. The van der Waals surface area contributed by atoms with Crippen molar-refractivity contribution >= 4 is 23.4 Å². The van der Waals surface area contributed by atoms with Crippen molar-refractivity contribution in [2.45, 2.75) is 38.9 Å². The lowest BCUT2D eigenvalue weighted by Crippen LogP contribution is -2.33. The molecule has 0 bridgehead atoms. The molecule has 3 rings (SSSR count). The highest BCUT2D eigenvalue weighted by Crippen LogP contribution is 2.26. The highest BCUT2D eigenvalue weighted by atomic mass is 32.2. The fourth-order valence-electron chi connectivity index (χ4n) is 3.14. The first kappa shape index (κ1) is 20.7. The third-order valence-electron chi connectivity index (χ3n) is 4.37. The van der Waals surface area contributed by atoms with Gasteiger partial charge in [-0.05, 0) is 56.2 Å². The lowest BCUT2D eigenvalue weighted by Gasteiger charge is -2.22. The molecule has 8 heteroatoms. The Labute approximate surface area is 174 Å². The van der Waals surface area contributed by atoms with Crippen LogP contribution >= 0.6 is 11.8 Å². The molecule has 2 aromatic heterocycles. The lowest BCUT2D eigenvalue weighted by molar-refractivity contribution is -0.116. The molecule has 0 aliphatic rings. The van der Waals surface area contributed by atoms with Crippen molar-refractivity contribution in [3.8, 4) is 17.7 Å². The van der Waals surface area contributed by atoms with Gasteiger partial charge in [0.05, 0.1) is 24.5 Å². The monoisotopic (exact) mass is 409 g/mol. The summed E-state index contributed by atoms with van der Waals surface area (Å²) < 4.78 is 7.35. The van der Waals surface area contributed by atoms with E-state index in [0.29, 0.717) is 29.8 Å². The largest absolute Gasteiger partial charge is 0.461 e.